The molecule has 0 saturated heterocycles. The number of methoxy groups -OCH3 is 1. The van der Waals surface area contributed by atoms with Crippen LogP contribution in [0.25, 0.3) is 10.7 Å². The smallest absolute Gasteiger partial charge is 0.356 e. The number of carbonyl (C=O) groups excluding carboxylic acids is 1. The molecule has 17 heavy (non-hydrogen) atoms. The van der Waals surface area contributed by atoms with Crippen LogP contribution in [0.4, 0.5) is 0 Å². The molecule has 0 radical (unpaired) electrons. The Morgan fingerprint density at radius 3 is 2.82 bits per heavy atom. The molecular weight excluding hydrogens is 260 g/mol. The van der Waals surface area contributed by atoms with Crippen LogP contribution in [0.15, 0.2) is 17.5 Å². The first-order chi connectivity index (χ1) is 8.11. The maximum Gasteiger partial charge on any atom is 0.356 e. The summed E-state index contributed by atoms with van der Waals surface area (Å²) in [6, 6.07) is 3.35. The van der Waals surface area contributed by atoms with E-state index in [4.69, 9.17) is 11.6 Å². The van der Waals surface area contributed by atoms with Gasteiger partial charge < -0.3 is 4.74 Å². The van der Waals surface area contributed by atoms with Gasteiger partial charge in [-0.1, -0.05) is 11.6 Å². The van der Waals surface area contributed by atoms with E-state index in [1.807, 2.05) is 18.4 Å². The molecule has 2 heterocycles. The Hall–Kier alpha value is -1.46. The van der Waals surface area contributed by atoms with Crippen LogP contribution >= 0.6 is 22.9 Å². The second-order valence-electron chi connectivity index (χ2n) is 3.32. The SMILES string of the molecule is COC(=O)c1cc(Cl)nc(-c2sccc2C)n1. The van der Waals surface area contributed by atoms with Gasteiger partial charge in [-0.25, -0.2) is 14.8 Å². The average Bonchev–Trinajstić information content (AvgIpc) is 2.73. The molecule has 2 rings (SSSR count). The minimum absolute atomic E-state index is 0.162. The van der Waals surface area contributed by atoms with E-state index in [0.717, 1.165) is 10.4 Å². The van der Waals surface area contributed by atoms with E-state index in [0.29, 0.717) is 5.82 Å². The highest BCUT2D eigenvalue weighted by Gasteiger charge is 2.14. The Balaban J connectivity index is 2.53. The number of carbonyl (C=O) groups is 1. The van der Waals surface area contributed by atoms with E-state index in [9.17, 15) is 4.79 Å². The maximum atomic E-state index is 11.4. The fraction of sp³-hybridized carbons (Fsp3) is 0.182. The molecule has 0 spiro atoms. The predicted octanol–water partition coefficient (Wildman–Crippen LogP) is 2.95. The van der Waals surface area contributed by atoms with Gasteiger partial charge in [0.1, 0.15) is 5.15 Å². The van der Waals surface area contributed by atoms with Crippen LogP contribution < -0.4 is 0 Å². The molecule has 6 heteroatoms. The molecule has 0 aromatic carbocycles. The number of aryl methyl sites for hydroxylation is 1. The average molecular weight is 269 g/mol. The lowest BCUT2D eigenvalue weighted by Crippen LogP contribution is -2.06. The normalized spacial score (nSPS) is 10.3. The number of ether oxygens (including phenoxy) is 1. The van der Waals surface area contributed by atoms with Crippen molar-refractivity contribution >= 4 is 28.9 Å². The van der Waals surface area contributed by atoms with Gasteiger partial charge in [-0.15, -0.1) is 11.3 Å². The molecule has 0 aliphatic rings. The van der Waals surface area contributed by atoms with E-state index in [1.165, 1.54) is 24.5 Å². The quantitative estimate of drug-likeness (QED) is 0.621. The van der Waals surface area contributed by atoms with Crippen molar-refractivity contribution in [1.82, 2.24) is 9.97 Å². The fourth-order valence-corrected chi connectivity index (χ4v) is 2.37. The topological polar surface area (TPSA) is 52.1 Å². The summed E-state index contributed by atoms with van der Waals surface area (Å²) in [5, 5.41) is 2.16. The van der Waals surface area contributed by atoms with Gasteiger partial charge in [0.25, 0.3) is 0 Å². The van der Waals surface area contributed by atoms with Crippen molar-refractivity contribution in [2.45, 2.75) is 6.92 Å². The molecule has 0 fully saturated rings. The third-order valence-corrected chi connectivity index (χ3v) is 3.36. The second-order valence-corrected chi connectivity index (χ2v) is 4.63. The fourth-order valence-electron chi connectivity index (χ4n) is 1.33. The number of thiophene rings is 1. The van der Waals surface area contributed by atoms with Gasteiger partial charge in [0.15, 0.2) is 11.5 Å². The van der Waals surface area contributed by atoms with Crippen LogP contribution in [0.2, 0.25) is 5.15 Å². The van der Waals surface area contributed by atoms with Crippen LogP contribution in [0.3, 0.4) is 0 Å². The zero-order valence-corrected chi connectivity index (χ0v) is 10.8. The van der Waals surface area contributed by atoms with E-state index in [1.54, 1.807) is 0 Å². The van der Waals surface area contributed by atoms with Crippen molar-refractivity contribution in [3.05, 3.63) is 33.9 Å². The maximum absolute atomic E-state index is 11.4. The number of hydrogen-bond acceptors (Lipinski definition) is 5. The molecule has 0 N–H and O–H groups in total. The van der Waals surface area contributed by atoms with E-state index in [2.05, 4.69) is 14.7 Å². The van der Waals surface area contributed by atoms with Gasteiger partial charge in [0.2, 0.25) is 0 Å². The third-order valence-electron chi connectivity index (χ3n) is 2.15. The van der Waals surface area contributed by atoms with Crippen molar-refractivity contribution < 1.29 is 9.53 Å². The van der Waals surface area contributed by atoms with Gasteiger partial charge in [0, 0.05) is 6.07 Å². The van der Waals surface area contributed by atoms with E-state index >= 15 is 0 Å². The van der Waals surface area contributed by atoms with Crippen LogP contribution in [0.1, 0.15) is 16.1 Å². The summed E-state index contributed by atoms with van der Waals surface area (Å²) >= 11 is 7.37. The van der Waals surface area contributed by atoms with Crippen molar-refractivity contribution in [2.75, 3.05) is 7.11 Å². The number of esters is 1. The molecule has 0 aliphatic heterocycles. The molecule has 0 atom stereocenters. The monoisotopic (exact) mass is 268 g/mol. The summed E-state index contributed by atoms with van der Waals surface area (Å²) in [6.07, 6.45) is 0. The second kappa shape index (κ2) is 4.81. The lowest BCUT2D eigenvalue weighted by Gasteiger charge is -2.03. The first-order valence-electron chi connectivity index (χ1n) is 4.79. The minimum atomic E-state index is -0.523. The van der Waals surface area contributed by atoms with Crippen molar-refractivity contribution in [3.63, 3.8) is 0 Å². The summed E-state index contributed by atoms with van der Waals surface area (Å²) in [5.74, 6) is -0.0739. The van der Waals surface area contributed by atoms with Gasteiger partial charge in [0.05, 0.1) is 12.0 Å². The number of hydrogen-bond donors (Lipinski definition) is 0. The van der Waals surface area contributed by atoms with Crippen LogP contribution in [-0.4, -0.2) is 23.0 Å². The van der Waals surface area contributed by atoms with Crippen molar-refractivity contribution in [2.24, 2.45) is 0 Å². The van der Waals surface area contributed by atoms with Crippen LogP contribution in [-0.2, 0) is 4.74 Å². The lowest BCUT2D eigenvalue weighted by molar-refractivity contribution is 0.0594. The Morgan fingerprint density at radius 2 is 2.24 bits per heavy atom. The summed E-state index contributed by atoms with van der Waals surface area (Å²) < 4.78 is 4.61. The summed E-state index contributed by atoms with van der Waals surface area (Å²) in [4.78, 5) is 20.6. The number of halogens is 1. The highest BCUT2D eigenvalue weighted by molar-refractivity contribution is 7.13. The Kier molecular flexibility index (Phi) is 3.40. The summed E-state index contributed by atoms with van der Waals surface area (Å²) in [7, 11) is 1.30. The largest absolute Gasteiger partial charge is 0.464 e. The van der Waals surface area contributed by atoms with Gasteiger partial charge in [-0.3, -0.25) is 0 Å². The van der Waals surface area contributed by atoms with E-state index in [-0.39, 0.29) is 10.8 Å². The van der Waals surface area contributed by atoms with Crippen molar-refractivity contribution in [3.8, 4) is 10.7 Å². The molecule has 2 aromatic heterocycles. The first kappa shape index (κ1) is 12.0. The third kappa shape index (κ3) is 2.45. The molecule has 0 saturated carbocycles. The zero-order valence-electron chi connectivity index (χ0n) is 9.23. The highest BCUT2D eigenvalue weighted by Crippen LogP contribution is 2.27. The summed E-state index contributed by atoms with van der Waals surface area (Å²) in [6.45, 7) is 1.95. The van der Waals surface area contributed by atoms with Crippen LogP contribution in [0.5, 0.6) is 0 Å². The van der Waals surface area contributed by atoms with Crippen molar-refractivity contribution in [1.29, 1.82) is 0 Å². The lowest BCUT2D eigenvalue weighted by atomic mass is 10.3. The van der Waals surface area contributed by atoms with Gasteiger partial charge in [-0.2, -0.15) is 0 Å². The Morgan fingerprint density at radius 1 is 1.47 bits per heavy atom. The van der Waals surface area contributed by atoms with Gasteiger partial charge >= 0.3 is 5.97 Å². The molecule has 0 bridgehead atoms. The molecule has 0 aliphatic carbocycles. The Labute approximate surface area is 107 Å². The number of aromatic nitrogens is 2. The molecule has 0 unspecified atom stereocenters. The van der Waals surface area contributed by atoms with E-state index < -0.39 is 5.97 Å². The van der Waals surface area contributed by atoms with Gasteiger partial charge in [-0.05, 0) is 23.9 Å². The minimum Gasteiger partial charge on any atom is -0.464 e. The predicted molar refractivity (Wildman–Crippen MR) is 66.4 cm³/mol. The Bertz CT molecular complexity index is 568. The molecule has 4 nitrogen and oxygen atoms in total. The van der Waals surface area contributed by atoms with Crippen LogP contribution in [0, 0.1) is 6.92 Å². The molecule has 2 aromatic rings. The highest BCUT2D eigenvalue weighted by atomic mass is 35.5. The number of rotatable bonds is 2. The molecular formula is C11H9ClN2O2S. The first-order valence-corrected chi connectivity index (χ1v) is 6.05. The number of nitrogens with zero attached hydrogens (tertiary/aromatic N) is 2. The molecule has 88 valence electrons. The zero-order chi connectivity index (χ0) is 12.4. The standard InChI is InChI=1S/C11H9ClN2O2S/c1-6-3-4-17-9(6)10-13-7(11(15)16-2)5-8(12)14-10/h3-5H,1-2H3. The summed E-state index contributed by atoms with van der Waals surface area (Å²) in [5.41, 5.74) is 1.21. The molecule has 0 amide bonds.